The van der Waals surface area contributed by atoms with Crippen LogP contribution in [0.5, 0.6) is 0 Å². The Balaban J connectivity index is 1.66. The molecule has 0 aromatic carbocycles. The summed E-state index contributed by atoms with van der Waals surface area (Å²) in [5.74, 6) is 0.358. The van der Waals surface area contributed by atoms with Gasteiger partial charge in [-0.25, -0.2) is 18.4 Å². The Hall–Kier alpha value is -1.74. The Morgan fingerprint density at radius 1 is 1.14 bits per heavy atom. The maximum atomic E-state index is 12.9. The van der Waals surface area contributed by atoms with Gasteiger partial charge in [0.15, 0.2) is 9.84 Å². The van der Waals surface area contributed by atoms with Crippen molar-refractivity contribution in [2.75, 3.05) is 51.2 Å². The number of nitrogens with zero attached hydrogens (tertiary/aromatic N) is 5. The number of sulfone groups is 1. The van der Waals surface area contributed by atoms with Crippen LogP contribution in [0.15, 0.2) is 6.20 Å². The lowest BCUT2D eigenvalue weighted by Gasteiger charge is -2.33. The number of fused-ring (bicyclic) bond motifs is 3. The number of carbonyl (C=O) groups is 1. The molecule has 1 aromatic rings. The van der Waals surface area contributed by atoms with Gasteiger partial charge in [0, 0.05) is 62.4 Å². The van der Waals surface area contributed by atoms with Crippen LogP contribution in [0.25, 0.3) is 0 Å². The van der Waals surface area contributed by atoms with Gasteiger partial charge in [-0.1, -0.05) is 20.8 Å². The quantitative estimate of drug-likeness (QED) is 0.670. The number of hydrogen-bond donors (Lipinski definition) is 0. The van der Waals surface area contributed by atoms with Crippen LogP contribution in [0.2, 0.25) is 0 Å². The number of rotatable bonds is 1. The molecule has 28 heavy (non-hydrogen) atoms. The third-order valence-corrected chi connectivity index (χ3v) is 8.15. The minimum absolute atomic E-state index is 0.00741. The van der Waals surface area contributed by atoms with Gasteiger partial charge in [0.25, 0.3) is 0 Å². The molecule has 4 rings (SSSR count). The molecule has 0 radical (unpaired) electrons. The van der Waals surface area contributed by atoms with Crippen LogP contribution in [-0.4, -0.2) is 85.7 Å². The molecule has 0 bridgehead atoms. The third-order valence-electron chi connectivity index (χ3n) is 6.04. The first kappa shape index (κ1) is 19.6. The predicted octanol–water partition coefficient (Wildman–Crippen LogP) is 0.497. The Morgan fingerprint density at radius 2 is 1.82 bits per heavy atom. The minimum Gasteiger partial charge on any atom is -0.340 e. The molecule has 2 saturated heterocycles. The highest BCUT2D eigenvalue weighted by molar-refractivity contribution is 7.91. The highest BCUT2D eigenvalue weighted by Crippen LogP contribution is 2.40. The second-order valence-corrected chi connectivity index (χ2v) is 11.5. The van der Waals surface area contributed by atoms with Crippen LogP contribution in [-0.2, 0) is 20.4 Å². The number of carbonyl (C=O) groups excluding carboxylic acids is 1. The van der Waals surface area contributed by atoms with E-state index in [9.17, 15) is 13.2 Å². The molecule has 8 nitrogen and oxygen atoms in total. The van der Waals surface area contributed by atoms with Crippen molar-refractivity contribution in [3.8, 4) is 0 Å². The van der Waals surface area contributed by atoms with Crippen LogP contribution < -0.4 is 4.90 Å². The first-order valence-corrected chi connectivity index (χ1v) is 11.6. The fourth-order valence-corrected chi connectivity index (χ4v) is 6.36. The van der Waals surface area contributed by atoms with E-state index in [1.807, 2.05) is 20.8 Å². The molecule has 1 amide bonds. The van der Waals surface area contributed by atoms with Crippen molar-refractivity contribution in [3.05, 3.63) is 17.5 Å². The number of anilines is 1. The number of piperazine rings is 1. The van der Waals surface area contributed by atoms with E-state index in [0.29, 0.717) is 18.1 Å². The normalized spacial score (nSPS) is 27.4. The average Bonchev–Trinajstić information content (AvgIpc) is 3.07. The van der Waals surface area contributed by atoms with Crippen LogP contribution in [0.3, 0.4) is 0 Å². The van der Waals surface area contributed by atoms with E-state index >= 15 is 0 Å². The summed E-state index contributed by atoms with van der Waals surface area (Å²) in [4.78, 5) is 28.2. The fourth-order valence-electron chi connectivity index (χ4n) is 4.37. The summed E-state index contributed by atoms with van der Waals surface area (Å²) in [5, 5.41) is -0.568. The molecule has 9 heteroatoms. The highest BCUT2D eigenvalue weighted by atomic mass is 32.2. The van der Waals surface area contributed by atoms with E-state index in [4.69, 9.17) is 4.98 Å². The SMILES string of the molecule is CN1CCN(c2ncc3c(n2)[C@H]2CN(C(=O)C(C)(C)C)C[C@H]2S(=O)(=O)C3)CC1. The number of amides is 1. The molecule has 1 aromatic heterocycles. The lowest BCUT2D eigenvalue weighted by Crippen LogP contribution is -2.45. The van der Waals surface area contributed by atoms with Crippen LogP contribution in [0.4, 0.5) is 5.95 Å². The number of aromatic nitrogens is 2. The Kier molecular flexibility index (Phi) is 4.65. The number of hydrogen-bond acceptors (Lipinski definition) is 7. The van der Waals surface area contributed by atoms with Crippen LogP contribution >= 0.6 is 0 Å². The van der Waals surface area contributed by atoms with Gasteiger partial charge in [-0.3, -0.25) is 4.79 Å². The van der Waals surface area contributed by atoms with E-state index in [0.717, 1.165) is 31.9 Å². The van der Waals surface area contributed by atoms with Gasteiger partial charge < -0.3 is 14.7 Å². The zero-order chi connectivity index (χ0) is 20.3. The highest BCUT2D eigenvalue weighted by Gasteiger charge is 2.49. The summed E-state index contributed by atoms with van der Waals surface area (Å²) in [5.41, 5.74) is 0.966. The Bertz CT molecular complexity index is 887. The van der Waals surface area contributed by atoms with Crippen LogP contribution in [0, 0.1) is 5.41 Å². The lowest BCUT2D eigenvalue weighted by atomic mass is 9.95. The van der Waals surface area contributed by atoms with Gasteiger partial charge in [0.2, 0.25) is 11.9 Å². The first-order valence-electron chi connectivity index (χ1n) is 9.86. The summed E-state index contributed by atoms with van der Waals surface area (Å²) in [6.07, 6.45) is 1.68. The Labute approximate surface area is 166 Å². The standard InChI is InChI=1S/C19H29N5O3S/c1-19(2,3)17(25)24-10-14-15(11-24)28(26,27)12-13-9-20-18(21-16(13)14)23-7-5-22(4)6-8-23/h9,14-15H,5-8,10-12H2,1-4H3/t14-,15+/m0/s1. The molecule has 0 N–H and O–H groups in total. The van der Waals surface area contributed by atoms with Crippen molar-refractivity contribution in [2.45, 2.75) is 37.7 Å². The van der Waals surface area contributed by atoms with Crippen molar-refractivity contribution < 1.29 is 13.2 Å². The van der Waals surface area contributed by atoms with Crippen molar-refractivity contribution in [1.82, 2.24) is 19.8 Å². The largest absolute Gasteiger partial charge is 0.340 e. The van der Waals surface area contributed by atoms with Gasteiger partial charge in [-0.15, -0.1) is 0 Å². The van der Waals surface area contributed by atoms with Gasteiger partial charge >= 0.3 is 0 Å². The van der Waals surface area contributed by atoms with Crippen molar-refractivity contribution in [1.29, 1.82) is 0 Å². The van der Waals surface area contributed by atoms with Gasteiger partial charge in [0.1, 0.15) is 0 Å². The van der Waals surface area contributed by atoms with Crippen LogP contribution in [0.1, 0.15) is 37.9 Å². The molecule has 2 atom stereocenters. The van der Waals surface area contributed by atoms with Crippen molar-refractivity contribution >= 4 is 21.7 Å². The summed E-state index contributed by atoms with van der Waals surface area (Å²) in [7, 11) is -1.23. The molecular weight excluding hydrogens is 378 g/mol. The van der Waals surface area contributed by atoms with Crippen molar-refractivity contribution in [2.24, 2.45) is 5.41 Å². The van der Waals surface area contributed by atoms with E-state index < -0.39 is 20.5 Å². The fraction of sp³-hybridized carbons (Fsp3) is 0.737. The molecule has 3 aliphatic heterocycles. The molecular formula is C19H29N5O3S. The molecule has 4 heterocycles. The van der Waals surface area contributed by atoms with E-state index in [1.54, 1.807) is 11.1 Å². The smallest absolute Gasteiger partial charge is 0.228 e. The maximum absolute atomic E-state index is 12.9. The molecule has 154 valence electrons. The summed E-state index contributed by atoms with van der Waals surface area (Å²) in [6.45, 7) is 9.90. The van der Waals surface area contributed by atoms with Crippen molar-refractivity contribution in [3.63, 3.8) is 0 Å². The second kappa shape index (κ2) is 6.66. The number of likely N-dealkylation sites (tertiary alicyclic amines) is 1. The molecule has 0 unspecified atom stereocenters. The predicted molar refractivity (Wildman–Crippen MR) is 107 cm³/mol. The summed E-state index contributed by atoms with van der Waals surface area (Å²) >= 11 is 0. The van der Waals surface area contributed by atoms with E-state index in [-0.39, 0.29) is 24.1 Å². The molecule has 2 fully saturated rings. The zero-order valence-electron chi connectivity index (χ0n) is 17.1. The zero-order valence-corrected chi connectivity index (χ0v) is 17.9. The van der Waals surface area contributed by atoms with E-state index in [1.165, 1.54) is 0 Å². The first-order chi connectivity index (χ1) is 13.1. The molecule has 3 aliphatic rings. The Morgan fingerprint density at radius 3 is 2.46 bits per heavy atom. The maximum Gasteiger partial charge on any atom is 0.228 e. The summed E-state index contributed by atoms with van der Waals surface area (Å²) in [6, 6.07) is 0. The second-order valence-electron chi connectivity index (χ2n) is 9.28. The van der Waals surface area contributed by atoms with Gasteiger partial charge in [-0.05, 0) is 7.05 Å². The molecule has 0 saturated carbocycles. The third kappa shape index (κ3) is 3.39. The molecule has 0 aliphatic carbocycles. The minimum atomic E-state index is -3.32. The van der Waals surface area contributed by atoms with E-state index in [2.05, 4.69) is 21.8 Å². The summed E-state index contributed by atoms with van der Waals surface area (Å²) < 4.78 is 25.7. The van der Waals surface area contributed by atoms with Gasteiger partial charge in [-0.2, -0.15) is 0 Å². The number of likely N-dealkylation sites (N-methyl/N-ethyl adjacent to an activating group) is 1. The van der Waals surface area contributed by atoms with Gasteiger partial charge in [0.05, 0.1) is 16.7 Å². The monoisotopic (exact) mass is 407 g/mol. The average molecular weight is 408 g/mol. The topological polar surface area (TPSA) is 86.7 Å². The molecule has 0 spiro atoms. The lowest BCUT2D eigenvalue weighted by molar-refractivity contribution is -0.138.